The van der Waals surface area contributed by atoms with Crippen molar-refractivity contribution in [3.63, 3.8) is 0 Å². The van der Waals surface area contributed by atoms with Crippen LogP contribution in [0.1, 0.15) is 63.9 Å². The van der Waals surface area contributed by atoms with Gasteiger partial charge in [0, 0.05) is 12.2 Å². The Morgan fingerprint density at radius 2 is 1.97 bits per heavy atom. The molecule has 4 rings (SSSR count). The Bertz CT molecular complexity index is 1160. The molecule has 156 valence electrons. The van der Waals surface area contributed by atoms with E-state index in [1.54, 1.807) is 6.07 Å². The van der Waals surface area contributed by atoms with Gasteiger partial charge in [0.1, 0.15) is 0 Å². The lowest BCUT2D eigenvalue weighted by molar-refractivity contribution is 0.373. The van der Waals surface area contributed by atoms with Gasteiger partial charge in [0.25, 0.3) is 11.4 Å². The molecule has 0 saturated heterocycles. The van der Waals surface area contributed by atoms with Crippen LogP contribution in [-0.2, 0) is 12.1 Å². The summed E-state index contributed by atoms with van der Waals surface area (Å²) in [6.45, 7) is 6.19. The summed E-state index contributed by atoms with van der Waals surface area (Å²) in [5.74, 6) is 0.755. The predicted octanol–water partition coefficient (Wildman–Crippen LogP) is 2.43. The smallest absolute Gasteiger partial charge is 0.329 e. The minimum absolute atomic E-state index is 0. The molecule has 3 N–H and O–H groups in total. The van der Waals surface area contributed by atoms with Crippen molar-refractivity contribution in [1.29, 1.82) is 0 Å². The van der Waals surface area contributed by atoms with E-state index in [4.69, 9.17) is 10.3 Å². The maximum absolute atomic E-state index is 12.6. The number of fused-ring (bicyclic) bond motifs is 1. The van der Waals surface area contributed by atoms with Gasteiger partial charge in [-0.1, -0.05) is 31.8 Å². The lowest BCUT2D eigenvalue weighted by Gasteiger charge is -2.17. The van der Waals surface area contributed by atoms with Gasteiger partial charge in [-0.2, -0.15) is 4.98 Å². The highest BCUT2D eigenvalue weighted by atomic mass is 35.5. The molecule has 29 heavy (non-hydrogen) atoms. The van der Waals surface area contributed by atoms with Gasteiger partial charge in [0.05, 0.1) is 16.5 Å². The maximum atomic E-state index is 12.6. The molecule has 1 aliphatic rings. The number of halogens is 1. The van der Waals surface area contributed by atoms with Gasteiger partial charge < -0.3 is 10.3 Å². The van der Waals surface area contributed by atoms with Crippen molar-refractivity contribution in [2.24, 2.45) is 5.73 Å². The van der Waals surface area contributed by atoms with Crippen LogP contribution in [-0.4, -0.2) is 24.7 Å². The number of rotatable bonds is 4. The van der Waals surface area contributed by atoms with Gasteiger partial charge in [-0.3, -0.25) is 14.3 Å². The predicted molar refractivity (Wildman–Crippen MR) is 111 cm³/mol. The van der Waals surface area contributed by atoms with Crippen LogP contribution in [0, 0.1) is 0 Å². The average molecular weight is 421 g/mol. The number of aryl methyl sites for hydroxylation is 1. The molecule has 10 heteroatoms. The Kier molecular flexibility index (Phi) is 5.64. The van der Waals surface area contributed by atoms with E-state index in [-0.39, 0.29) is 29.6 Å². The van der Waals surface area contributed by atoms with E-state index in [9.17, 15) is 9.59 Å². The van der Waals surface area contributed by atoms with Gasteiger partial charge in [-0.05, 0) is 31.7 Å². The van der Waals surface area contributed by atoms with E-state index in [1.807, 2.05) is 20.8 Å². The van der Waals surface area contributed by atoms with E-state index in [0.29, 0.717) is 23.6 Å². The molecule has 1 aliphatic carbocycles. The van der Waals surface area contributed by atoms with Crippen LogP contribution < -0.4 is 17.0 Å². The molecule has 3 heterocycles. The fourth-order valence-electron chi connectivity index (χ4n) is 3.82. The van der Waals surface area contributed by atoms with Crippen LogP contribution in [0.15, 0.2) is 20.2 Å². The molecule has 9 nitrogen and oxygen atoms in total. The standard InChI is InChI=1S/C19H24N6O3.ClH/c1-4-25-14-13(15(26)22-18(25)27)11(9-12(21-14)10(2)3)16-23-17(24-28-16)19(20)7-5-6-8-19;/h9-10H,4-8,20H2,1-3H3,(H,22,26,27);1H. The molecule has 3 aromatic heterocycles. The topological polar surface area (TPSA) is 133 Å². The fourth-order valence-corrected chi connectivity index (χ4v) is 3.82. The first-order valence-electron chi connectivity index (χ1n) is 9.65. The maximum Gasteiger partial charge on any atom is 0.329 e. The van der Waals surface area contributed by atoms with E-state index in [0.717, 1.165) is 31.4 Å². The van der Waals surface area contributed by atoms with Crippen molar-refractivity contribution in [3.05, 3.63) is 38.4 Å². The lowest BCUT2D eigenvalue weighted by atomic mass is 9.98. The van der Waals surface area contributed by atoms with Crippen molar-refractivity contribution in [2.45, 2.75) is 64.5 Å². The molecular formula is C19H25ClN6O3. The summed E-state index contributed by atoms with van der Waals surface area (Å²) in [5.41, 5.74) is 6.37. The Labute approximate surface area is 173 Å². The minimum Gasteiger partial charge on any atom is -0.334 e. The zero-order chi connectivity index (χ0) is 20.1. The number of aromatic amines is 1. The number of pyridine rings is 1. The molecule has 0 radical (unpaired) electrons. The molecule has 0 unspecified atom stereocenters. The molecule has 1 saturated carbocycles. The van der Waals surface area contributed by atoms with Crippen molar-refractivity contribution in [1.82, 2.24) is 24.7 Å². The third-order valence-corrected chi connectivity index (χ3v) is 5.47. The van der Waals surface area contributed by atoms with Gasteiger partial charge in [0.15, 0.2) is 11.5 Å². The number of aromatic nitrogens is 5. The molecule has 0 bridgehead atoms. The Morgan fingerprint density at radius 1 is 1.28 bits per heavy atom. The third-order valence-electron chi connectivity index (χ3n) is 5.47. The van der Waals surface area contributed by atoms with Gasteiger partial charge in [-0.15, -0.1) is 12.4 Å². The second-order valence-electron chi connectivity index (χ2n) is 7.74. The van der Waals surface area contributed by atoms with Gasteiger partial charge in [0.2, 0.25) is 0 Å². The zero-order valence-electron chi connectivity index (χ0n) is 16.7. The van der Waals surface area contributed by atoms with Gasteiger partial charge >= 0.3 is 5.69 Å². The second-order valence-corrected chi connectivity index (χ2v) is 7.74. The molecule has 0 aromatic carbocycles. The Morgan fingerprint density at radius 3 is 2.59 bits per heavy atom. The summed E-state index contributed by atoms with van der Waals surface area (Å²) in [5, 5.41) is 4.37. The number of nitrogens with zero attached hydrogens (tertiary/aromatic N) is 4. The van der Waals surface area contributed by atoms with Crippen LogP contribution >= 0.6 is 12.4 Å². The minimum atomic E-state index is -0.594. The fraction of sp³-hybridized carbons (Fsp3) is 0.526. The average Bonchev–Trinajstić information content (AvgIpc) is 3.31. The van der Waals surface area contributed by atoms with Crippen LogP contribution in [0.3, 0.4) is 0 Å². The summed E-state index contributed by atoms with van der Waals surface area (Å²) in [7, 11) is 0. The summed E-state index contributed by atoms with van der Waals surface area (Å²) in [6, 6.07) is 1.78. The number of hydrogen-bond donors (Lipinski definition) is 2. The Hall–Kier alpha value is -2.52. The highest BCUT2D eigenvalue weighted by Crippen LogP contribution is 2.36. The molecular weight excluding hydrogens is 396 g/mol. The quantitative estimate of drug-likeness (QED) is 0.662. The highest BCUT2D eigenvalue weighted by molar-refractivity contribution is 5.90. The third kappa shape index (κ3) is 3.49. The summed E-state index contributed by atoms with van der Waals surface area (Å²) >= 11 is 0. The second kappa shape index (κ2) is 7.72. The summed E-state index contributed by atoms with van der Waals surface area (Å²) in [4.78, 5) is 36.4. The largest absolute Gasteiger partial charge is 0.334 e. The monoisotopic (exact) mass is 420 g/mol. The van der Waals surface area contributed by atoms with E-state index < -0.39 is 16.8 Å². The van der Waals surface area contributed by atoms with Crippen LogP contribution in [0.4, 0.5) is 0 Å². The molecule has 0 spiro atoms. The van der Waals surface area contributed by atoms with Gasteiger partial charge in [-0.25, -0.2) is 9.78 Å². The highest BCUT2D eigenvalue weighted by Gasteiger charge is 2.36. The number of H-pyrrole nitrogens is 1. The first-order valence-corrected chi connectivity index (χ1v) is 9.65. The van der Waals surface area contributed by atoms with Crippen molar-refractivity contribution in [2.75, 3.05) is 0 Å². The van der Waals surface area contributed by atoms with Crippen molar-refractivity contribution < 1.29 is 4.52 Å². The van der Waals surface area contributed by atoms with Crippen LogP contribution in [0.25, 0.3) is 22.5 Å². The number of hydrogen-bond acceptors (Lipinski definition) is 7. The van der Waals surface area contributed by atoms with Crippen LogP contribution in [0.2, 0.25) is 0 Å². The summed E-state index contributed by atoms with van der Waals surface area (Å²) < 4.78 is 6.96. The van der Waals surface area contributed by atoms with E-state index in [1.165, 1.54) is 4.57 Å². The van der Waals surface area contributed by atoms with E-state index in [2.05, 4.69) is 20.1 Å². The first-order chi connectivity index (χ1) is 13.3. The molecule has 1 fully saturated rings. The number of nitrogens with one attached hydrogen (secondary N) is 1. The van der Waals surface area contributed by atoms with Crippen LogP contribution in [0.5, 0.6) is 0 Å². The van der Waals surface area contributed by atoms with E-state index >= 15 is 0 Å². The summed E-state index contributed by atoms with van der Waals surface area (Å²) in [6.07, 6.45) is 3.66. The zero-order valence-corrected chi connectivity index (χ0v) is 17.5. The van der Waals surface area contributed by atoms with Crippen molar-refractivity contribution in [3.8, 4) is 11.5 Å². The molecule has 0 atom stereocenters. The Balaban J connectivity index is 0.00000240. The normalized spacial score (nSPS) is 15.8. The SMILES string of the molecule is CCn1c(=O)[nH]c(=O)c2c(-c3nc(C4(N)CCCC4)no3)cc(C(C)C)nc21.Cl. The van der Waals surface area contributed by atoms with Crippen molar-refractivity contribution >= 4 is 23.4 Å². The molecule has 3 aromatic rings. The molecule has 0 amide bonds. The lowest BCUT2D eigenvalue weighted by Crippen LogP contribution is -2.34. The molecule has 0 aliphatic heterocycles. The first kappa shape index (κ1) is 21.2. The number of nitrogens with two attached hydrogens (primary N) is 1.